The van der Waals surface area contributed by atoms with E-state index in [4.69, 9.17) is 18.6 Å². The van der Waals surface area contributed by atoms with Crippen LogP contribution >= 0.6 is 0 Å². The molecule has 0 fully saturated rings. The average Bonchev–Trinajstić information content (AvgIpc) is 3.23. The molecule has 2 heterocycles. The lowest BCUT2D eigenvalue weighted by Gasteiger charge is -2.04. The van der Waals surface area contributed by atoms with E-state index in [0.29, 0.717) is 28.4 Å². The van der Waals surface area contributed by atoms with Crippen molar-refractivity contribution >= 4 is 22.7 Å². The lowest BCUT2D eigenvalue weighted by Crippen LogP contribution is -2.07. The summed E-state index contributed by atoms with van der Waals surface area (Å²) in [6.45, 7) is 3.60. The van der Waals surface area contributed by atoms with E-state index in [2.05, 4.69) is 0 Å². The number of esters is 1. The highest BCUT2D eigenvalue weighted by molar-refractivity contribution is 6.12. The van der Waals surface area contributed by atoms with E-state index in [9.17, 15) is 9.59 Å². The highest BCUT2D eigenvalue weighted by Gasteiger charge is 2.29. The number of ether oxygens (including phenoxy) is 3. The van der Waals surface area contributed by atoms with Crippen LogP contribution in [-0.4, -0.2) is 18.9 Å². The molecule has 0 saturated carbocycles. The standard InChI is InChI=1S/C21H16O6/c1-11(2)19-18(22)14-8-7-13(10-16(14)26-19)25-21(23)17-9-12-5-4-6-15(24-3)20(12)27-17/h4-10H,1-3H3. The fourth-order valence-corrected chi connectivity index (χ4v) is 2.90. The van der Waals surface area contributed by atoms with Crippen LogP contribution in [0.1, 0.15) is 34.8 Å². The number of hydrogen-bond donors (Lipinski definition) is 0. The number of rotatable bonds is 3. The number of para-hydroxylation sites is 1. The topological polar surface area (TPSA) is 75.0 Å². The van der Waals surface area contributed by atoms with Crippen molar-refractivity contribution in [2.45, 2.75) is 13.8 Å². The van der Waals surface area contributed by atoms with Crippen LogP contribution in [0.15, 0.2) is 58.2 Å². The van der Waals surface area contributed by atoms with Gasteiger partial charge in [0.05, 0.1) is 12.7 Å². The number of ketones is 1. The number of furan rings is 1. The van der Waals surface area contributed by atoms with Gasteiger partial charge in [0.25, 0.3) is 0 Å². The number of allylic oxidation sites excluding steroid dienone is 2. The fraction of sp³-hybridized carbons (Fsp3) is 0.143. The van der Waals surface area contributed by atoms with Crippen LogP contribution in [0.2, 0.25) is 0 Å². The molecule has 0 spiro atoms. The number of fused-ring (bicyclic) bond motifs is 2. The van der Waals surface area contributed by atoms with Crippen LogP contribution in [0.25, 0.3) is 11.0 Å². The first kappa shape index (κ1) is 16.9. The van der Waals surface area contributed by atoms with Crippen molar-refractivity contribution in [2.24, 2.45) is 0 Å². The third kappa shape index (κ3) is 2.85. The Morgan fingerprint density at radius 3 is 2.63 bits per heavy atom. The van der Waals surface area contributed by atoms with Gasteiger partial charge in [0.15, 0.2) is 17.1 Å². The van der Waals surface area contributed by atoms with Crippen molar-refractivity contribution in [3.05, 3.63) is 65.1 Å². The minimum Gasteiger partial charge on any atom is -0.493 e. The second kappa shape index (κ2) is 6.32. The largest absolute Gasteiger partial charge is 0.493 e. The van der Waals surface area contributed by atoms with Crippen molar-refractivity contribution in [3.8, 4) is 17.2 Å². The molecule has 0 amide bonds. The minimum absolute atomic E-state index is 0.0528. The van der Waals surface area contributed by atoms with Crippen LogP contribution in [0.3, 0.4) is 0 Å². The molecule has 0 unspecified atom stereocenters. The van der Waals surface area contributed by atoms with Crippen LogP contribution in [0, 0.1) is 0 Å². The fourth-order valence-electron chi connectivity index (χ4n) is 2.90. The summed E-state index contributed by atoms with van der Waals surface area (Å²) in [4.78, 5) is 24.7. The van der Waals surface area contributed by atoms with Gasteiger partial charge in [-0.25, -0.2) is 4.79 Å². The molecule has 6 nitrogen and oxygen atoms in total. The molecule has 4 rings (SSSR count). The quantitative estimate of drug-likeness (QED) is 0.386. The van der Waals surface area contributed by atoms with E-state index < -0.39 is 5.97 Å². The summed E-state index contributed by atoms with van der Waals surface area (Å²) in [7, 11) is 1.53. The van der Waals surface area contributed by atoms with Crippen molar-refractivity contribution in [1.82, 2.24) is 0 Å². The van der Waals surface area contributed by atoms with Crippen LogP contribution in [-0.2, 0) is 0 Å². The molecule has 27 heavy (non-hydrogen) atoms. The smallest absolute Gasteiger partial charge is 0.379 e. The third-order valence-corrected chi connectivity index (χ3v) is 4.21. The minimum atomic E-state index is -0.653. The van der Waals surface area contributed by atoms with Crippen LogP contribution in [0.4, 0.5) is 0 Å². The van der Waals surface area contributed by atoms with E-state index in [0.717, 1.165) is 11.0 Å². The molecule has 0 N–H and O–H groups in total. The Kier molecular flexibility index (Phi) is 3.96. The van der Waals surface area contributed by atoms with Crippen molar-refractivity contribution in [1.29, 1.82) is 0 Å². The van der Waals surface area contributed by atoms with Gasteiger partial charge in [0, 0.05) is 11.5 Å². The van der Waals surface area contributed by atoms with E-state index in [1.165, 1.54) is 13.2 Å². The first-order chi connectivity index (χ1) is 13.0. The van der Waals surface area contributed by atoms with Crippen molar-refractivity contribution in [2.75, 3.05) is 7.11 Å². The highest BCUT2D eigenvalue weighted by Crippen LogP contribution is 2.35. The van der Waals surface area contributed by atoms with Gasteiger partial charge in [-0.1, -0.05) is 12.1 Å². The molecule has 136 valence electrons. The predicted octanol–water partition coefficient (Wildman–Crippen LogP) is 4.53. The molecule has 1 aromatic heterocycles. The second-order valence-corrected chi connectivity index (χ2v) is 6.30. The first-order valence-corrected chi connectivity index (χ1v) is 8.30. The van der Waals surface area contributed by atoms with E-state index in [-0.39, 0.29) is 17.3 Å². The normalized spacial score (nSPS) is 12.7. The molecule has 1 aliphatic heterocycles. The third-order valence-electron chi connectivity index (χ3n) is 4.21. The first-order valence-electron chi connectivity index (χ1n) is 8.30. The highest BCUT2D eigenvalue weighted by atomic mass is 16.6. The summed E-state index contributed by atoms with van der Waals surface area (Å²) in [6.07, 6.45) is 0. The zero-order chi connectivity index (χ0) is 19.1. The molecule has 3 aromatic rings. The molecule has 2 aromatic carbocycles. The molecule has 1 aliphatic rings. The monoisotopic (exact) mass is 364 g/mol. The van der Waals surface area contributed by atoms with Crippen LogP contribution < -0.4 is 14.2 Å². The van der Waals surface area contributed by atoms with Gasteiger partial charge < -0.3 is 18.6 Å². The Balaban J connectivity index is 1.61. The number of benzene rings is 2. The van der Waals surface area contributed by atoms with Crippen molar-refractivity contribution < 1.29 is 28.2 Å². The maximum Gasteiger partial charge on any atom is 0.379 e. The summed E-state index contributed by atoms with van der Waals surface area (Å²) in [5.74, 6) is 0.689. The molecule has 0 atom stereocenters. The molecule has 6 heteroatoms. The molecule has 0 saturated heterocycles. The summed E-state index contributed by atoms with van der Waals surface area (Å²) >= 11 is 0. The lowest BCUT2D eigenvalue weighted by atomic mass is 10.1. The number of hydrogen-bond acceptors (Lipinski definition) is 6. The summed E-state index contributed by atoms with van der Waals surface area (Å²) in [6, 6.07) is 11.6. The lowest BCUT2D eigenvalue weighted by molar-refractivity contribution is 0.0703. The van der Waals surface area contributed by atoms with Gasteiger partial charge in [-0.3, -0.25) is 4.79 Å². The number of methoxy groups -OCH3 is 1. The summed E-state index contributed by atoms with van der Waals surface area (Å²) in [5.41, 5.74) is 1.70. The van der Waals surface area contributed by atoms with Gasteiger partial charge in [-0.15, -0.1) is 0 Å². The zero-order valence-corrected chi connectivity index (χ0v) is 15.0. The SMILES string of the molecule is COc1cccc2cc(C(=O)Oc3ccc4c(c3)OC(=C(C)C)C4=O)oc12. The van der Waals surface area contributed by atoms with Gasteiger partial charge in [-0.05, 0) is 43.7 Å². The average molecular weight is 364 g/mol. The van der Waals surface area contributed by atoms with E-state index >= 15 is 0 Å². The Morgan fingerprint density at radius 2 is 1.89 bits per heavy atom. The van der Waals surface area contributed by atoms with Gasteiger partial charge in [0.2, 0.25) is 11.5 Å². The Labute approximate surface area is 154 Å². The number of carbonyl (C=O) groups is 2. The number of carbonyl (C=O) groups excluding carboxylic acids is 2. The van der Waals surface area contributed by atoms with Gasteiger partial charge in [-0.2, -0.15) is 0 Å². The maximum absolute atomic E-state index is 12.4. The molecular formula is C21H16O6. The van der Waals surface area contributed by atoms with E-state index in [1.807, 2.05) is 12.1 Å². The van der Waals surface area contributed by atoms with Gasteiger partial charge in [0.1, 0.15) is 11.5 Å². The Morgan fingerprint density at radius 1 is 1.07 bits per heavy atom. The summed E-state index contributed by atoms with van der Waals surface area (Å²) in [5, 5.41) is 0.734. The molecule has 0 aliphatic carbocycles. The maximum atomic E-state index is 12.4. The Hall–Kier alpha value is -3.54. The van der Waals surface area contributed by atoms with Gasteiger partial charge >= 0.3 is 5.97 Å². The predicted molar refractivity (Wildman–Crippen MR) is 97.5 cm³/mol. The molecular weight excluding hydrogens is 348 g/mol. The number of Topliss-reactive ketones (excluding diaryl/α,β-unsaturated/α-hetero) is 1. The molecule has 0 bridgehead atoms. The Bertz CT molecular complexity index is 1110. The summed E-state index contributed by atoms with van der Waals surface area (Å²) < 4.78 is 21.8. The molecule has 0 radical (unpaired) electrons. The zero-order valence-electron chi connectivity index (χ0n) is 15.0. The van der Waals surface area contributed by atoms with Crippen molar-refractivity contribution in [3.63, 3.8) is 0 Å². The second-order valence-electron chi connectivity index (χ2n) is 6.30. The van der Waals surface area contributed by atoms with E-state index in [1.54, 1.807) is 38.1 Å². The van der Waals surface area contributed by atoms with Crippen LogP contribution in [0.5, 0.6) is 17.2 Å².